The largest absolute Gasteiger partial charge is 0.339 e. The number of benzene rings is 2. The third-order valence-electron chi connectivity index (χ3n) is 3.12. The SMILES string of the molecule is Cc1ccc(Cl)cc1NC(=O)CNC(=O)C(=O)Nc1ccccc1. The van der Waals surface area contributed by atoms with Gasteiger partial charge in [-0.25, -0.2) is 0 Å². The molecule has 3 amide bonds. The molecule has 2 rings (SSSR count). The number of halogens is 1. The average Bonchev–Trinajstić information content (AvgIpc) is 2.57. The van der Waals surface area contributed by atoms with Gasteiger partial charge in [0.05, 0.1) is 6.54 Å². The Kier molecular flexibility index (Phi) is 5.92. The molecule has 7 heteroatoms. The molecule has 0 aromatic heterocycles. The van der Waals surface area contributed by atoms with Crippen molar-refractivity contribution in [2.75, 3.05) is 17.2 Å². The summed E-state index contributed by atoms with van der Waals surface area (Å²) in [7, 11) is 0. The number of para-hydroxylation sites is 1. The first kappa shape index (κ1) is 17.5. The van der Waals surface area contributed by atoms with Gasteiger partial charge in [-0.1, -0.05) is 35.9 Å². The predicted octanol–water partition coefficient (Wildman–Crippen LogP) is 2.34. The highest BCUT2D eigenvalue weighted by Gasteiger charge is 2.15. The number of anilines is 2. The minimum atomic E-state index is -0.892. The van der Waals surface area contributed by atoms with Gasteiger partial charge in [-0.2, -0.15) is 0 Å². The van der Waals surface area contributed by atoms with Gasteiger partial charge in [0.15, 0.2) is 0 Å². The van der Waals surface area contributed by atoms with Gasteiger partial charge >= 0.3 is 11.8 Å². The molecular weight excluding hydrogens is 330 g/mol. The molecule has 24 heavy (non-hydrogen) atoms. The molecule has 0 heterocycles. The average molecular weight is 346 g/mol. The van der Waals surface area contributed by atoms with Crippen molar-refractivity contribution in [1.29, 1.82) is 0 Å². The molecule has 0 saturated carbocycles. The maximum Gasteiger partial charge on any atom is 0.313 e. The summed E-state index contributed by atoms with van der Waals surface area (Å²) in [6.45, 7) is 1.49. The van der Waals surface area contributed by atoms with E-state index < -0.39 is 17.7 Å². The highest BCUT2D eigenvalue weighted by atomic mass is 35.5. The Morgan fingerprint density at radius 1 is 0.958 bits per heavy atom. The number of carbonyl (C=O) groups excluding carboxylic acids is 3. The Morgan fingerprint density at radius 3 is 2.38 bits per heavy atom. The zero-order valence-corrected chi connectivity index (χ0v) is 13.7. The van der Waals surface area contributed by atoms with E-state index in [9.17, 15) is 14.4 Å². The lowest BCUT2D eigenvalue weighted by molar-refractivity contribution is -0.136. The van der Waals surface area contributed by atoms with Crippen LogP contribution in [0.4, 0.5) is 11.4 Å². The summed E-state index contributed by atoms with van der Waals surface area (Å²) in [5, 5.41) is 7.81. The Bertz CT molecular complexity index is 763. The third kappa shape index (κ3) is 5.10. The smallest absolute Gasteiger partial charge is 0.313 e. The number of hydrogen-bond donors (Lipinski definition) is 3. The van der Waals surface area contributed by atoms with Crippen LogP contribution in [0, 0.1) is 6.92 Å². The monoisotopic (exact) mass is 345 g/mol. The molecule has 0 saturated heterocycles. The first-order chi connectivity index (χ1) is 11.5. The maximum atomic E-state index is 11.9. The van der Waals surface area contributed by atoms with Gasteiger partial charge in [0.25, 0.3) is 0 Å². The second-order valence-corrected chi connectivity index (χ2v) is 5.45. The second-order valence-electron chi connectivity index (χ2n) is 5.01. The van der Waals surface area contributed by atoms with Crippen LogP contribution in [0.3, 0.4) is 0 Å². The summed E-state index contributed by atoms with van der Waals surface area (Å²) in [6.07, 6.45) is 0. The van der Waals surface area contributed by atoms with Gasteiger partial charge in [0, 0.05) is 16.4 Å². The van der Waals surface area contributed by atoms with Gasteiger partial charge in [-0.05, 0) is 36.8 Å². The Labute approximate surface area is 144 Å². The molecule has 6 nitrogen and oxygen atoms in total. The van der Waals surface area contributed by atoms with E-state index in [4.69, 9.17) is 11.6 Å². The van der Waals surface area contributed by atoms with Crippen molar-refractivity contribution in [3.05, 3.63) is 59.1 Å². The van der Waals surface area contributed by atoms with Gasteiger partial charge in [0.2, 0.25) is 5.91 Å². The molecule has 3 N–H and O–H groups in total. The van der Waals surface area contributed by atoms with Crippen LogP contribution < -0.4 is 16.0 Å². The minimum absolute atomic E-state index is 0.326. The van der Waals surface area contributed by atoms with Crippen LogP contribution in [0.5, 0.6) is 0 Å². The van der Waals surface area contributed by atoms with E-state index in [1.165, 1.54) is 0 Å². The molecular formula is C17H16ClN3O3. The van der Waals surface area contributed by atoms with Crippen LogP contribution in [0.15, 0.2) is 48.5 Å². The molecule has 0 aliphatic carbocycles. The zero-order chi connectivity index (χ0) is 17.5. The third-order valence-corrected chi connectivity index (χ3v) is 3.36. The molecule has 0 fully saturated rings. The summed E-state index contributed by atoms with van der Waals surface area (Å²) in [6, 6.07) is 13.6. The first-order valence-corrected chi connectivity index (χ1v) is 7.54. The highest BCUT2D eigenvalue weighted by molar-refractivity contribution is 6.40. The first-order valence-electron chi connectivity index (χ1n) is 7.16. The van der Waals surface area contributed by atoms with Gasteiger partial charge in [0.1, 0.15) is 0 Å². The predicted molar refractivity (Wildman–Crippen MR) is 92.9 cm³/mol. The van der Waals surface area contributed by atoms with Gasteiger partial charge in [-0.15, -0.1) is 0 Å². The quantitative estimate of drug-likeness (QED) is 0.743. The van der Waals surface area contributed by atoms with Crippen LogP contribution in [-0.2, 0) is 14.4 Å². The lowest BCUT2D eigenvalue weighted by Gasteiger charge is -2.10. The zero-order valence-electron chi connectivity index (χ0n) is 12.9. The van der Waals surface area contributed by atoms with Crippen LogP contribution >= 0.6 is 11.6 Å². The maximum absolute atomic E-state index is 11.9. The van der Waals surface area contributed by atoms with Gasteiger partial charge in [-0.3, -0.25) is 14.4 Å². The van der Waals surface area contributed by atoms with E-state index in [1.807, 2.05) is 6.92 Å². The van der Waals surface area contributed by atoms with Crippen molar-refractivity contribution < 1.29 is 14.4 Å². The number of hydrogen-bond acceptors (Lipinski definition) is 3. The van der Waals surface area contributed by atoms with E-state index >= 15 is 0 Å². The Morgan fingerprint density at radius 2 is 1.67 bits per heavy atom. The van der Waals surface area contributed by atoms with Crippen molar-refractivity contribution in [3.8, 4) is 0 Å². The van der Waals surface area contributed by atoms with Crippen LogP contribution in [0.25, 0.3) is 0 Å². The van der Waals surface area contributed by atoms with Crippen LogP contribution in [0.2, 0.25) is 5.02 Å². The van der Waals surface area contributed by atoms with Crippen molar-refractivity contribution in [2.45, 2.75) is 6.92 Å². The van der Waals surface area contributed by atoms with Crippen LogP contribution in [0.1, 0.15) is 5.56 Å². The Balaban J connectivity index is 1.83. The fourth-order valence-electron chi connectivity index (χ4n) is 1.87. The molecule has 0 aliphatic rings. The summed E-state index contributed by atoms with van der Waals surface area (Å²) in [4.78, 5) is 35.3. The molecule has 0 unspecified atom stereocenters. The number of nitrogens with one attached hydrogen (secondary N) is 3. The normalized spacial score (nSPS) is 9.92. The number of rotatable bonds is 4. The molecule has 0 aliphatic heterocycles. The number of carbonyl (C=O) groups is 3. The Hall–Kier alpha value is -2.86. The molecule has 2 aromatic rings. The topological polar surface area (TPSA) is 87.3 Å². The molecule has 124 valence electrons. The van der Waals surface area contributed by atoms with Gasteiger partial charge < -0.3 is 16.0 Å². The standard InChI is InChI=1S/C17H16ClN3O3/c1-11-7-8-12(18)9-14(11)21-15(22)10-19-16(23)17(24)20-13-5-3-2-4-6-13/h2-9H,10H2,1H3,(H,19,23)(H,20,24)(H,21,22). The van der Waals surface area contributed by atoms with Crippen molar-refractivity contribution in [3.63, 3.8) is 0 Å². The van der Waals surface area contributed by atoms with Crippen molar-refractivity contribution in [2.24, 2.45) is 0 Å². The van der Waals surface area contributed by atoms with E-state index in [0.717, 1.165) is 5.56 Å². The van der Waals surface area contributed by atoms with Crippen molar-refractivity contribution in [1.82, 2.24) is 5.32 Å². The lowest BCUT2D eigenvalue weighted by Crippen LogP contribution is -2.39. The minimum Gasteiger partial charge on any atom is -0.339 e. The summed E-state index contributed by atoms with van der Waals surface area (Å²) in [5.74, 6) is -2.19. The number of aryl methyl sites for hydroxylation is 1. The fraction of sp³-hybridized carbons (Fsp3) is 0.118. The molecule has 0 atom stereocenters. The van der Waals surface area contributed by atoms with Crippen molar-refractivity contribution >= 4 is 40.7 Å². The molecule has 0 radical (unpaired) electrons. The van der Waals surface area contributed by atoms with E-state index in [0.29, 0.717) is 16.4 Å². The van der Waals surface area contributed by atoms with E-state index in [-0.39, 0.29) is 6.54 Å². The molecule has 0 spiro atoms. The second kappa shape index (κ2) is 8.12. The van der Waals surface area contributed by atoms with E-state index in [1.54, 1.807) is 48.5 Å². The lowest BCUT2D eigenvalue weighted by atomic mass is 10.2. The molecule has 0 bridgehead atoms. The summed E-state index contributed by atoms with van der Waals surface area (Å²) in [5.41, 5.74) is 1.88. The highest BCUT2D eigenvalue weighted by Crippen LogP contribution is 2.19. The number of amides is 3. The summed E-state index contributed by atoms with van der Waals surface area (Å²) < 4.78 is 0. The molecule has 2 aromatic carbocycles. The van der Waals surface area contributed by atoms with E-state index in [2.05, 4.69) is 16.0 Å². The van der Waals surface area contributed by atoms with Crippen LogP contribution in [-0.4, -0.2) is 24.3 Å². The summed E-state index contributed by atoms with van der Waals surface area (Å²) >= 11 is 5.87. The fourth-order valence-corrected chi connectivity index (χ4v) is 2.05.